The molecule has 1 fully saturated rings. The van der Waals surface area contributed by atoms with E-state index in [1.165, 1.54) is 29.6 Å². The molecule has 94 valence electrons. The van der Waals surface area contributed by atoms with E-state index in [9.17, 15) is 0 Å². The number of nitrogens with one attached hydrogen (secondary N) is 2. The third kappa shape index (κ3) is 1.51. The van der Waals surface area contributed by atoms with E-state index in [2.05, 4.69) is 32.0 Å². The van der Waals surface area contributed by atoms with Crippen LogP contribution in [-0.2, 0) is 0 Å². The molecule has 4 nitrogen and oxygen atoms in total. The van der Waals surface area contributed by atoms with Crippen molar-refractivity contribution in [3.05, 3.63) is 17.6 Å². The maximum absolute atomic E-state index is 4.46. The van der Waals surface area contributed by atoms with Gasteiger partial charge in [-0.15, -0.1) is 11.3 Å². The normalized spacial score (nSPS) is 20.1. The van der Waals surface area contributed by atoms with Crippen LogP contribution in [0, 0.1) is 0 Å². The van der Waals surface area contributed by atoms with Crippen molar-refractivity contribution < 1.29 is 0 Å². The van der Waals surface area contributed by atoms with E-state index in [0.717, 1.165) is 24.6 Å². The van der Waals surface area contributed by atoms with E-state index in [1.54, 1.807) is 11.3 Å². The molecule has 2 aromatic heterocycles. The van der Waals surface area contributed by atoms with Gasteiger partial charge in [0.2, 0.25) is 0 Å². The fraction of sp³-hybridized carbons (Fsp3) is 0.462. The molecule has 4 heterocycles. The van der Waals surface area contributed by atoms with E-state index in [1.807, 2.05) is 6.20 Å². The van der Waals surface area contributed by atoms with Gasteiger partial charge in [0.1, 0.15) is 4.83 Å². The topological polar surface area (TPSA) is 40.2 Å². The van der Waals surface area contributed by atoms with E-state index in [4.69, 9.17) is 0 Å². The SMILES string of the molecule is c1cc2c3c(csc3n1)N(C1CCNCC1)CN2. The van der Waals surface area contributed by atoms with Crippen LogP contribution in [0.4, 0.5) is 11.4 Å². The van der Waals surface area contributed by atoms with Gasteiger partial charge < -0.3 is 15.5 Å². The molecule has 0 aliphatic carbocycles. The number of nitrogens with zero attached hydrogens (tertiary/aromatic N) is 2. The van der Waals surface area contributed by atoms with Crippen molar-refractivity contribution in [2.24, 2.45) is 0 Å². The number of anilines is 2. The first-order valence-corrected chi connectivity index (χ1v) is 7.39. The number of piperidine rings is 1. The molecule has 0 radical (unpaired) electrons. The Kier molecular flexibility index (Phi) is 2.41. The summed E-state index contributed by atoms with van der Waals surface area (Å²) >= 11 is 1.75. The summed E-state index contributed by atoms with van der Waals surface area (Å²) in [5.41, 5.74) is 2.62. The lowest BCUT2D eigenvalue weighted by Gasteiger charge is -2.38. The number of rotatable bonds is 1. The molecular formula is C13H16N4S. The van der Waals surface area contributed by atoms with Gasteiger partial charge in [0.25, 0.3) is 0 Å². The van der Waals surface area contributed by atoms with Crippen molar-refractivity contribution in [1.29, 1.82) is 0 Å². The van der Waals surface area contributed by atoms with E-state index < -0.39 is 0 Å². The second-order valence-electron chi connectivity index (χ2n) is 4.95. The Balaban J connectivity index is 1.78. The molecule has 5 heteroatoms. The first-order chi connectivity index (χ1) is 8.93. The van der Waals surface area contributed by atoms with Crippen LogP contribution in [0.1, 0.15) is 12.8 Å². The lowest BCUT2D eigenvalue weighted by atomic mass is 10.0. The molecule has 2 aromatic rings. The van der Waals surface area contributed by atoms with Gasteiger partial charge in [0.05, 0.1) is 17.7 Å². The molecule has 2 aliphatic heterocycles. The Bertz CT molecular complexity index is 573. The van der Waals surface area contributed by atoms with Crippen molar-refractivity contribution in [1.82, 2.24) is 10.3 Å². The van der Waals surface area contributed by atoms with Crippen LogP contribution in [0.2, 0.25) is 0 Å². The smallest absolute Gasteiger partial charge is 0.127 e. The maximum atomic E-state index is 4.46. The summed E-state index contributed by atoms with van der Waals surface area (Å²) in [5.74, 6) is 0. The third-order valence-electron chi connectivity index (χ3n) is 3.95. The summed E-state index contributed by atoms with van der Waals surface area (Å²) in [7, 11) is 0. The van der Waals surface area contributed by atoms with Crippen LogP contribution >= 0.6 is 11.3 Å². The number of hydrogen-bond acceptors (Lipinski definition) is 5. The van der Waals surface area contributed by atoms with Gasteiger partial charge in [-0.25, -0.2) is 4.98 Å². The molecule has 0 aromatic carbocycles. The quantitative estimate of drug-likeness (QED) is 0.825. The van der Waals surface area contributed by atoms with E-state index >= 15 is 0 Å². The minimum atomic E-state index is 0.657. The average Bonchev–Trinajstić information content (AvgIpc) is 2.87. The first kappa shape index (κ1) is 10.6. The number of pyridine rings is 1. The van der Waals surface area contributed by atoms with Crippen LogP contribution < -0.4 is 15.5 Å². The van der Waals surface area contributed by atoms with Gasteiger partial charge in [-0.3, -0.25) is 0 Å². The van der Waals surface area contributed by atoms with E-state index in [-0.39, 0.29) is 0 Å². The fourth-order valence-corrected chi connectivity index (χ4v) is 3.94. The van der Waals surface area contributed by atoms with Crippen molar-refractivity contribution in [3.8, 4) is 0 Å². The molecule has 0 atom stereocenters. The Morgan fingerprint density at radius 2 is 2.22 bits per heavy atom. The molecule has 1 saturated heterocycles. The highest BCUT2D eigenvalue weighted by Gasteiger charge is 2.27. The lowest BCUT2D eigenvalue weighted by molar-refractivity contribution is 0.434. The highest BCUT2D eigenvalue weighted by molar-refractivity contribution is 7.17. The molecule has 2 N–H and O–H groups in total. The third-order valence-corrected chi connectivity index (χ3v) is 4.83. The van der Waals surface area contributed by atoms with Crippen molar-refractivity contribution in [2.45, 2.75) is 18.9 Å². The van der Waals surface area contributed by atoms with Crippen molar-refractivity contribution in [3.63, 3.8) is 0 Å². The predicted octanol–water partition coefficient (Wildman–Crippen LogP) is 2.24. The zero-order valence-corrected chi connectivity index (χ0v) is 11.0. The monoisotopic (exact) mass is 260 g/mol. The lowest BCUT2D eigenvalue weighted by Crippen LogP contribution is -2.46. The number of hydrogen-bond donors (Lipinski definition) is 2. The molecule has 0 spiro atoms. The molecule has 2 aliphatic rings. The van der Waals surface area contributed by atoms with Crippen LogP contribution in [-0.4, -0.2) is 30.8 Å². The van der Waals surface area contributed by atoms with Crippen molar-refractivity contribution >= 4 is 32.9 Å². The van der Waals surface area contributed by atoms with Gasteiger partial charge >= 0.3 is 0 Å². The van der Waals surface area contributed by atoms with Gasteiger partial charge in [-0.1, -0.05) is 0 Å². The van der Waals surface area contributed by atoms with Gasteiger partial charge in [-0.2, -0.15) is 0 Å². The standard InChI is InChI=1S/C13H16N4S/c1-4-14-5-2-9(1)17-8-16-10-3-6-15-13-12(10)11(17)7-18-13/h3,6-7,9,14,16H,1-2,4-5,8H2. The molecule has 0 saturated carbocycles. The Hall–Kier alpha value is -1.33. The van der Waals surface area contributed by atoms with Crippen LogP contribution in [0.15, 0.2) is 17.6 Å². The molecule has 0 amide bonds. The summed E-state index contributed by atoms with van der Waals surface area (Å²) in [4.78, 5) is 8.13. The van der Waals surface area contributed by atoms with Crippen molar-refractivity contribution in [2.75, 3.05) is 30.0 Å². The second kappa shape index (κ2) is 4.10. The minimum Gasteiger partial charge on any atom is -0.367 e. The predicted molar refractivity (Wildman–Crippen MR) is 76.5 cm³/mol. The van der Waals surface area contributed by atoms with Gasteiger partial charge in [0.15, 0.2) is 0 Å². The second-order valence-corrected chi connectivity index (χ2v) is 5.80. The summed E-state index contributed by atoms with van der Waals surface area (Å²) in [5, 5.41) is 10.5. The summed E-state index contributed by atoms with van der Waals surface area (Å²) in [6.45, 7) is 3.19. The fourth-order valence-electron chi connectivity index (χ4n) is 3.01. The molecular weight excluding hydrogens is 244 g/mol. The summed E-state index contributed by atoms with van der Waals surface area (Å²) < 4.78 is 0. The Morgan fingerprint density at radius 1 is 1.33 bits per heavy atom. The molecule has 0 bridgehead atoms. The Labute approximate surface area is 110 Å². The van der Waals surface area contributed by atoms with Crippen LogP contribution in [0.3, 0.4) is 0 Å². The van der Waals surface area contributed by atoms with Crippen LogP contribution in [0.25, 0.3) is 10.2 Å². The minimum absolute atomic E-state index is 0.657. The summed E-state index contributed by atoms with van der Waals surface area (Å²) in [6.07, 6.45) is 4.36. The highest BCUT2D eigenvalue weighted by atomic mass is 32.1. The largest absolute Gasteiger partial charge is 0.367 e. The van der Waals surface area contributed by atoms with Crippen LogP contribution in [0.5, 0.6) is 0 Å². The van der Waals surface area contributed by atoms with Gasteiger partial charge in [-0.05, 0) is 32.0 Å². The average molecular weight is 260 g/mol. The molecule has 18 heavy (non-hydrogen) atoms. The summed E-state index contributed by atoms with van der Waals surface area (Å²) in [6, 6.07) is 2.74. The number of aromatic nitrogens is 1. The first-order valence-electron chi connectivity index (χ1n) is 6.51. The molecule has 4 rings (SSSR count). The molecule has 0 unspecified atom stereocenters. The highest BCUT2D eigenvalue weighted by Crippen LogP contribution is 2.40. The Morgan fingerprint density at radius 3 is 3.11 bits per heavy atom. The zero-order chi connectivity index (χ0) is 11.9. The van der Waals surface area contributed by atoms with Gasteiger partial charge in [0, 0.05) is 23.3 Å². The number of thiophene rings is 1. The zero-order valence-electron chi connectivity index (χ0n) is 10.1. The van der Waals surface area contributed by atoms with E-state index in [0.29, 0.717) is 6.04 Å². The maximum Gasteiger partial charge on any atom is 0.127 e.